The Balaban J connectivity index is 1.52. The minimum atomic E-state index is -3.65. The van der Waals surface area contributed by atoms with E-state index in [2.05, 4.69) is 0 Å². The van der Waals surface area contributed by atoms with Crippen molar-refractivity contribution in [1.29, 1.82) is 0 Å². The second kappa shape index (κ2) is 11.1. The Morgan fingerprint density at radius 3 is 2.12 bits per heavy atom. The first-order valence-corrected chi connectivity index (χ1v) is 15.8. The first-order chi connectivity index (χ1) is 20.1. The molecule has 5 aromatic carbocycles. The maximum atomic E-state index is 13.4. The highest BCUT2D eigenvalue weighted by Gasteiger charge is 2.40. The van der Waals surface area contributed by atoms with Crippen LogP contribution in [0.25, 0.3) is 16.3 Å². The van der Waals surface area contributed by atoms with Crippen molar-refractivity contribution in [2.45, 2.75) is 24.7 Å². The number of hydrogen-bond donors (Lipinski definition) is 0. The van der Waals surface area contributed by atoms with Crippen LogP contribution in [0.15, 0.2) is 114 Å². The van der Waals surface area contributed by atoms with Crippen molar-refractivity contribution in [3.8, 4) is 5.75 Å². The third kappa shape index (κ3) is 5.24. The first-order valence-electron chi connectivity index (χ1n) is 13.4. The lowest BCUT2D eigenvalue weighted by molar-refractivity contribution is 0.0735. The highest BCUT2D eigenvalue weighted by Crippen LogP contribution is 2.57. The number of hydrogen-bond acceptors (Lipinski definition) is 4. The van der Waals surface area contributed by atoms with Crippen LogP contribution in [0.4, 0.5) is 0 Å². The zero-order valence-electron chi connectivity index (χ0n) is 22.9. The summed E-state index contributed by atoms with van der Waals surface area (Å²) in [7, 11) is -3.65. The lowest BCUT2D eigenvalue weighted by Crippen LogP contribution is -2.23. The second-order valence-electron chi connectivity index (χ2n) is 10.5. The molecule has 0 N–H and O–H groups in total. The maximum absolute atomic E-state index is 13.4. The molecule has 0 spiro atoms. The minimum absolute atomic E-state index is 0.168. The van der Waals surface area contributed by atoms with Gasteiger partial charge in [-0.2, -0.15) is 0 Å². The molecule has 7 heteroatoms. The molecule has 0 fully saturated rings. The number of benzene rings is 5. The molecule has 0 heterocycles. The van der Waals surface area contributed by atoms with Gasteiger partial charge in [0.1, 0.15) is 5.75 Å². The van der Waals surface area contributed by atoms with Crippen LogP contribution in [-0.4, -0.2) is 20.1 Å². The van der Waals surface area contributed by atoms with Gasteiger partial charge in [0, 0.05) is 26.9 Å². The molecule has 0 amide bonds. The Morgan fingerprint density at radius 2 is 1.45 bits per heavy atom. The van der Waals surface area contributed by atoms with Gasteiger partial charge in [0.05, 0.1) is 16.2 Å². The summed E-state index contributed by atoms with van der Waals surface area (Å²) in [6.07, 6.45) is 0. The van der Waals surface area contributed by atoms with Gasteiger partial charge in [0.25, 0.3) is 0 Å². The highest BCUT2D eigenvalue weighted by molar-refractivity contribution is 7.91. The molecule has 0 radical (unpaired) electrons. The van der Waals surface area contributed by atoms with Gasteiger partial charge < -0.3 is 4.74 Å². The van der Waals surface area contributed by atoms with Gasteiger partial charge in [0.2, 0.25) is 0 Å². The molecule has 4 nitrogen and oxygen atoms in total. The van der Waals surface area contributed by atoms with Gasteiger partial charge in [-0.15, -0.1) is 0 Å². The van der Waals surface area contributed by atoms with E-state index in [1.807, 2.05) is 80.6 Å². The summed E-state index contributed by atoms with van der Waals surface area (Å²) in [6, 6.07) is 30.7. The predicted molar refractivity (Wildman–Crippen MR) is 169 cm³/mol. The minimum Gasteiger partial charge on any atom is -0.422 e. The van der Waals surface area contributed by atoms with E-state index < -0.39 is 15.8 Å². The first kappa shape index (κ1) is 28.2. The van der Waals surface area contributed by atoms with Crippen molar-refractivity contribution in [3.63, 3.8) is 0 Å². The van der Waals surface area contributed by atoms with E-state index in [1.54, 1.807) is 24.3 Å². The SMILES string of the molecule is C/C(CS(=O)(=O)c1ccc(Cl)cc1)=C1/c2cc3ccccc3c(OC(=O)c3ccc(C)cc3)c2C1c1ccc(Cl)cc1. The molecule has 1 unspecified atom stereocenters. The van der Waals surface area contributed by atoms with Crippen molar-refractivity contribution >= 4 is 55.4 Å². The van der Waals surface area contributed by atoms with Crippen LogP contribution in [0.1, 0.15) is 45.5 Å². The molecule has 5 aromatic rings. The molecule has 0 saturated carbocycles. The standard InChI is InChI=1S/C35H26Cl2O4S/c1-21-7-9-24(10-8-21)35(38)41-34-29-6-4-3-5-25(29)19-30-31(32(33(30)34)23-11-13-26(36)14-12-23)22(2)20-42(39,40)28-17-15-27(37)16-18-28/h3-19,32H,20H2,1-2H3/b31-22+. The summed E-state index contributed by atoms with van der Waals surface area (Å²) in [5.74, 6) is -0.463. The zero-order chi connectivity index (χ0) is 29.6. The molecule has 0 aliphatic heterocycles. The summed E-state index contributed by atoms with van der Waals surface area (Å²) in [4.78, 5) is 13.6. The molecule has 0 bridgehead atoms. The highest BCUT2D eigenvalue weighted by atomic mass is 35.5. The number of sulfone groups is 1. The number of carbonyl (C=O) groups excluding carboxylic acids is 1. The fraction of sp³-hybridized carbons (Fsp3) is 0.114. The number of fused-ring (bicyclic) bond motifs is 2. The average molecular weight is 614 g/mol. The van der Waals surface area contributed by atoms with Gasteiger partial charge in [-0.3, -0.25) is 0 Å². The predicted octanol–water partition coefficient (Wildman–Crippen LogP) is 9.07. The molecule has 0 aromatic heterocycles. The molecule has 1 aliphatic carbocycles. The van der Waals surface area contributed by atoms with Crippen LogP contribution in [0.2, 0.25) is 10.0 Å². The summed E-state index contributed by atoms with van der Waals surface area (Å²) in [6.45, 7) is 3.81. The van der Waals surface area contributed by atoms with Crippen molar-refractivity contribution in [1.82, 2.24) is 0 Å². The fourth-order valence-electron chi connectivity index (χ4n) is 5.57. The molecular weight excluding hydrogens is 587 g/mol. The van der Waals surface area contributed by atoms with Crippen LogP contribution in [-0.2, 0) is 9.84 Å². The van der Waals surface area contributed by atoms with Gasteiger partial charge in [-0.25, -0.2) is 13.2 Å². The van der Waals surface area contributed by atoms with E-state index in [-0.39, 0.29) is 16.6 Å². The topological polar surface area (TPSA) is 60.4 Å². The van der Waals surface area contributed by atoms with E-state index in [4.69, 9.17) is 27.9 Å². The quantitative estimate of drug-likeness (QED) is 0.142. The number of ether oxygens (including phenoxy) is 1. The molecule has 6 rings (SSSR count). The lowest BCUT2D eigenvalue weighted by Gasteiger charge is -2.38. The third-order valence-electron chi connectivity index (χ3n) is 7.63. The third-order valence-corrected chi connectivity index (χ3v) is 9.94. The number of esters is 1. The molecule has 1 aliphatic rings. The van der Waals surface area contributed by atoms with Crippen LogP contribution in [0, 0.1) is 6.92 Å². The second-order valence-corrected chi connectivity index (χ2v) is 13.4. The molecule has 0 saturated heterocycles. The monoisotopic (exact) mass is 612 g/mol. The molecule has 42 heavy (non-hydrogen) atoms. The van der Waals surface area contributed by atoms with Crippen LogP contribution < -0.4 is 4.74 Å². The van der Waals surface area contributed by atoms with Crippen molar-refractivity contribution in [2.75, 3.05) is 5.75 Å². The van der Waals surface area contributed by atoms with Crippen molar-refractivity contribution in [2.24, 2.45) is 0 Å². The molecule has 210 valence electrons. The Kier molecular flexibility index (Phi) is 7.44. The Labute approximate surface area is 255 Å². The summed E-state index contributed by atoms with van der Waals surface area (Å²) < 4.78 is 33.1. The van der Waals surface area contributed by atoms with Crippen molar-refractivity contribution < 1.29 is 17.9 Å². The van der Waals surface area contributed by atoms with Gasteiger partial charge >= 0.3 is 5.97 Å². The van der Waals surface area contributed by atoms with Gasteiger partial charge in [-0.1, -0.05) is 82.9 Å². The number of carbonyl (C=O) groups is 1. The van der Waals surface area contributed by atoms with Crippen LogP contribution >= 0.6 is 23.2 Å². The Hall–Kier alpha value is -3.90. The van der Waals surface area contributed by atoms with E-state index >= 15 is 0 Å². The van der Waals surface area contributed by atoms with E-state index in [9.17, 15) is 13.2 Å². The fourth-order valence-corrected chi connectivity index (χ4v) is 7.26. The number of aryl methyl sites for hydroxylation is 1. The van der Waals surface area contributed by atoms with Crippen LogP contribution in [0.5, 0.6) is 5.75 Å². The van der Waals surface area contributed by atoms with Gasteiger partial charge in [-0.05, 0) is 90.5 Å². The van der Waals surface area contributed by atoms with Crippen LogP contribution in [0.3, 0.4) is 0 Å². The summed E-state index contributed by atoms with van der Waals surface area (Å²) >= 11 is 12.2. The summed E-state index contributed by atoms with van der Waals surface area (Å²) in [5.41, 5.74) is 5.73. The maximum Gasteiger partial charge on any atom is 0.343 e. The Bertz CT molecular complexity index is 1980. The molecular formula is C35H26Cl2O4S. The molecule has 1 atom stereocenters. The largest absolute Gasteiger partial charge is 0.422 e. The van der Waals surface area contributed by atoms with E-state index in [1.165, 1.54) is 12.1 Å². The van der Waals surface area contributed by atoms with E-state index in [0.29, 0.717) is 26.9 Å². The van der Waals surface area contributed by atoms with Crippen molar-refractivity contribution in [3.05, 3.63) is 147 Å². The normalized spacial score (nSPS) is 15.6. The number of halogens is 2. The van der Waals surface area contributed by atoms with E-state index in [0.717, 1.165) is 38.6 Å². The number of allylic oxidation sites excluding steroid dienone is 1. The number of rotatable bonds is 6. The lowest BCUT2D eigenvalue weighted by atomic mass is 9.66. The zero-order valence-corrected chi connectivity index (χ0v) is 25.2. The van der Waals surface area contributed by atoms with Gasteiger partial charge in [0.15, 0.2) is 9.84 Å². The summed E-state index contributed by atoms with van der Waals surface area (Å²) in [5, 5.41) is 2.76. The Morgan fingerprint density at radius 1 is 0.833 bits per heavy atom. The smallest absolute Gasteiger partial charge is 0.343 e. The average Bonchev–Trinajstić information content (AvgIpc) is 2.95.